The molecule has 6 heteroatoms. The molecule has 0 amide bonds. The van der Waals surface area contributed by atoms with Crippen LogP contribution in [-0.4, -0.2) is 37.6 Å². The lowest BCUT2D eigenvalue weighted by atomic mass is 10.00. The Bertz CT molecular complexity index is 163. The Morgan fingerprint density at radius 1 is 1.62 bits per heavy atom. The Labute approximate surface area is 86.0 Å². The van der Waals surface area contributed by atoms with Gasteiger partial charge >= 0.3 is 0 Å². The number of aliphatic hydroxyl groups excluding tert-OH is 1. The first kappa shape index (κ1) is 11.8. The zero-order chi connectivity index (χ0) is 9.84. The van der Waals surface area contributed by atoms with Crippen LogP contribution in [0.4, 0.5) is 0 Å². The molecule has 13 heavy (non-hydrogen) atoms. The summed E-state index contributed by atoms with van der Waals surface area (Å²) < 4.78 is 10.7. The Hall–Kier alpha value is 0.725. The fourth-order valence-corrected chi connectivity index (χ4v) is 2.13. The van der Waals surface area contributed by atoms with Gasteiger partial charge in [-0.3, -0.25) is 0 Å². The molecule has 0 aromatic rings. The van der Waals surface area contributed by atoms with E-state index in [1.807, 2.05) is 13.8 Å². The molecule has 0 aromatic heterocycles. The average Bonchev–Trinajstić information content (AvgIpc) is 2.34. The van der Waals surface area contributed by atoms with Gasteiger partial charge in [0.25, 0.3) is 0 Å². The van der Waals surface area contributed by atoms with Crippen LogP contribution in [0.1, 0.15) is 13.8 Å². The van der Waals surface area contributed by atoms with Gasteiger partial charge in [-0.1, -0.05) is 14.6 Å². The lowest BCUT2D eigenvalue weighted by Crippen LogP contribution is -2.25. The highest BCUT2D eigenvalue weighted by Crippen LogP contribution is 2.30. The summed E-state index contributed by atoms with van der Waals surface area (Å²) in [6.07, 6.45) is -0.471. The zero-order valence-corrected chi connectivity index (χ0v) is 9.58. The normalized spacial score (nSPS) is 40.5. The highest BCUT2D eigenvalue weighted by atomic mass is 32.7. The quantitative estimate of drug-likeness (QED) is 0.333. The van der Waals surface area contributed by atoms with Gasteiger partial charge in [0, 0.05) is 17.6 Å². The molecule has 0 aliphatic carbocycles. The number of rotatable bonds is 4. The molecule has 1 N–H and O–H groups in total. The number of hydrogen-bond acceptors (Lipinski definition) is 4. The van der Waals surface area contributed by atoms with Gasteiger partial charge in [0.2, 0.25) is 0 Å². The van der Waals surface area contributed by atoms with Crippen LogP contribution < -0.4 is 0 Å². The zero-order valence-electron chi connectivity index (χ0n) is 7.77. The molecule has 0 spiro atoms. The Balaban J connectivity index is 2.27. The molecule has 2 radical (unpaired) electrons. The topological polar surface area (TPSA) is 38.7 Å². The van der Waals surface area contributed by atoms with E-state index in [-0.39, 0.29) is 31.9 Å². The molecule has 74 valence electrons. The van der Waals surface area contributed by atoms with Crippen molar-refractivity contribution in [1.29, 1.82) is 0 Å². The minimum absolute atomic E-state index is 0.00569. The van der Waals surface area contributed by atoms with Crippen LogP contribution in [0.25, 0.3) is 0 Å². The molecule has 1 aliphatic heterocycles. The van der Waals surface area contributed by atoms with Gasteiger partial charge in [-0.2, -0.15) is 0 Å². The van der Waals surface area contributed by atoms with E-state index in [0.717, 1.165) is 0 Å². The standard InChI is InChI=1S/C7H14BO3PS/c1-4-6(3-10-13-12-8)11-5(2)7(4)9/h4-7,9,12H,3H2,1-2H3. The molecule has 1 rings (SSSR count). The summed E-state index contributed by atoms with van der Waals surface area (Å²) in [4.78, 5) is 0. The van der Waals surface area contributed by atoms with Crippen molar-refractivity contribution >= 4 is 26.9 Å². The molecule has 5 unspecified atom stereocenters. The fourth-order valence-electron chi connectivity index (χ4n) is 1.45. The van der Waals surface area contributed by atoms with Crippen molar-refractivity contribution < 1.29 is 14.0 Å². The lowest BCUT2D eigenvalue weighted by Gasteiger charge is -2.14. The van der Waals surface area contributed by atoms with E-state index in [2.05, 4.69) is 0 Å². The Kier molecular flexibility index (Phi) is 5.05. The molecule has 5 atom stereocenters. The predicted molar refractivity (Wildman–Crippen MR) is 57.1 cm³/mol. The summed E-state index contributed by atoms with van der Waals surface area (Å²) in [6, 6.07) is 0. The third-order valence-electron chi connectivity index (χ3n) is 2.33. The van der Waals surface area contributed by atoms with E-state index in [1.54, 1.807) is 0 Å². The second kappa shape index (κ2) is 5.57. The molecule has 1 heterocycles. The van der Waals surface area contributed by atoms with E-state index in [9.17, 15) is 5.11 Å². The van der Waals surface area contributed by atoms with Crippen LogP contribution in [0.3, 0.4) is 0 Å². The fraction of sp³-hybridized carbons (Fsp3) is 1.00. The van der Waals surface area contributed by atoms with Crippen molar-refractivity contribution in [3.8, 4) is 0 Å². The molecule has 0 bridgehead atoms. The molecule has 0 aromatic carbocycles. The van der Waals surface area contributed by atoms with Crippen molar-refractivity contribution in [2.24, 2.45) is 5.92 Å². The van der Waals surface area contributed by atoms with Crippen LogP contribution in [0.15, 0.2) is 0 Å². The summed E-state index contributed by atoms with van der Waals surface area (Å²) in [6.45, 7) is 4.34. The molecule has 0 saturated carbocycles. The molecular formula is C7H14BO3PS. The molecule has 1 saturated heterocycles. The number of ether oxygens (including phenoxy) is 1. The van der Waals surface area contributed by atoms with Crippen LogP contribution in [0, 0.1) is 5.92 Å². The monoisotopic (exact) mass is 220 g/mol. The van der Waals surface area contributed by atoms with Crippen molar-refractivity contribution in [3.63, 3.8) is 0 Å². The van der Waals surface area contributed by atoms with Crippen molar-refractivity contribution in [1.82, 2.24) is 0 Å². The van der Waals surface area contributed by atoms with E-state index < -0.39 is 0 Å². The largest absolute Gasteiger partial charge is 0.390 e. The predicted octanol–water partition coefficient (Wildman–Crippen LogP) is 1.11. The summed E-state index contributed by atoms with van der Waals surface area (Å²) in [7, 11) is 5.51. The van der Waals surface area contributed by atoms with Crippen LogP contribution in [-0.2, 0) is 8.92 Å². The summed E-state index contributed by atoms with van der Waals surface area (Å²) in [5, 5.41) is 9.58. The second-order valence-corrected chi connectivity index (χ2v) is 5.06. The van der Waals surface area contributed by atoms with Crippen molar-refractivity contribution in [2.75, 3.05) is 6.61 Å². The van der Waals surface area contributed by atoms with Gasteiger partial charge in [0.05, 0.1) is 24.9 Å². The van der Waals surface area contributed by atoms with E-state index in [0.29, 0.717) is 6.61 Å². The van der Waals surface area contributed by atoms with Crippen LogP contribution >= 0.6 is 19.3 Å². The molecule has 1 aliphatic rings. The van der Waals surface area contributed by atoms with Crippen molar-refractivity contribution in [2.45, 2.75) is 32.2 Å². The first-order chi connectivity index (χ1) is 6.16. The van der Waals surface area contributed by atoms with Crippen molar-refractivity contribution in [3.05, 3.63) is 0 Å². The van der Waals surface area contributed by atoms with Gasteiger partial charge in [0.15, 0.2) is 0 Å². The maximum Gasteiger partial charge on any atom is 0.122 e. The number of aliphatic hydroxyl groups is 1. The SMILES string of the molecule is [B]PSOCC1OC(C)C(O)C1C. The maximum absolute atomic E-state index is 9.58. The van der Waals surface area contributed by atoms with E-state index in [4.69, 9.17) is 16.5 Å². The van der Waals surface area contributed by atoms with Crippen LogP contribution in [0.5, 0.6) is 0 Å². The average molecular weight is 220 g/mol. The van der Waals surface area contributed by atoms with E-state index in [1.165, 1.54) is 11.7 Å². The minimum Gasteiger partial charge on any atom is -0.390 e. The highest BCUT2D eigenvalue weighted by Gasteiger charge is 2.38. The summed E-state index contributed by atoms with van der Waals surface area (Å²) >= 11 is 1.24. The maximum atomic E-state index is 9.58. The smallest absolute Gasteiger partial charge is 0.122 e. The minimum atomic E-state index is -0.376. The lowest BCUT2D eigenvalue weighted by molar-refractivity contribution is 0.00671. The first-order valence-electron chi connectivity index (χ1n) is 4.24. The van der Waals surface area contributed by atoms with E-state index >= 15 is 0 Å². The number of hydrogen-bond donors (Lipinski definition) is 1. The van der Waals surface area contributed by atoms with Gasteiger partial charge < -0.3 is 14.0 Å². The summed E-state index contributed by atoms with van der Waals surface area (Å²) in [5.41, 5.74) is 0. The van der Waals surface area contributed by atoms with Gasteiger partial charge in [-0.05, 0) is 6.92 Å². The van der Waals surface area contributed by atoms with Crippen LogP contribution in [0.2, 0.25) is 0 Å². The molecule has 1 fully saturated rings. The van der Waals surface area contributed by atoms with Gasteiger partial charge in [-0.15, -0.1) is 0 Å². The molecule has 3 nitrogen and oxygen atoms in total. The highest BCUT2D eigenvalue weighted by molar-refractivity contribution is 8.53. The Morgan fingerprint density at radius 2 is 2.31 bits per heavy atom. The third kappa shape index (κ3) is 3.10. The second-order valence-electron chi connectivity index (χ2n) is 3.22. The van der Waals surface area contributed by atoms with Gasteiger partial charge in [-0.25, -0.2) is 0 Å². The Morgan fingerprint density at radius 3 is 2.77 bits per heavy atom. The molecular weight excluding hydrogens is 206 g/mol. The third-order valence-corrected chi connectivity index (χ3v) is 3.33. The first-order valence-corrected chi connectivity index (χ1v) is 6.78. The summed E-state index contributed by atoms with van der Waals surface area (Å²) in [5.74, 6) is 0.136. The van der Waals surface area contributed by atoms with Gasteiger partial charge in [0.1, 0.15) is 7.57 Å².